The molecule has 0 aliphatic heterocycles. The number of amidine groups is 1. The molecule has 3 N–H and O–H groups in total. The molecule has 0 heterocycles. The minimum atomic E-state index is -1.11. The van der Waals surface area contributed by atoms with Gasteiger partial charge in [-0.1, -0.05) is 48.5 Å². The van der Waals surface area contributed by atoms with E-state index in [2.05, 4.69) is 5.32 Å². The molecule has 2 rings (SSSR count). The molecule has 0 radical (unpaired) electrons. The van der Waals surface area contributed by atoms with Crippen molar-refractivity contribution < 1.29 is 19.8 Å². The number of nitrogens with zero attached hydrogens (tertiary/aromatic N) is 3. The summed E-state index contributed by atoms with van der Waals surface area (Å²) in [5.74, 6) is -1.64. The van der Waals surface area contributed by atoms with Gasteiger partial charge in [-0.3, -0.25) is 14.6 Å². The Bertz CT molecular complexity index is 945. The van der Waals surface area contributed by atoms with Gasteiger partial charge in [0.1, 0.15) is 18.9 Å². The number of para-hydroxylation sites is 1. The predicted molar refractivity (Wildman–Crippen MR) is 129 cm³/mol. The zero-order valence-electron chi connectivity index (χ0n) is 18.2. The van der Waals surface area contributed by atoms with E-state index in [4.69, 9.17) is 17.2 Å². The molecule has 0 bridgehead atoms. The van der Waals surface area contributed by atoms with Crippen LogP contribution in [-0.2, 0) is 16.1 Å². The summed E-state index contributed by atoms with van der Waals surface area (Å²) in [7, 11) is 0. The lowest BCUT2D eigenvalue weighted by atomic mass is 10.1. The van der Waals surface area contributed by atoms with E-state index >= 15 is 0 Å². The molecule has 0 aromatic heterocycles. The molecular formula is C23H28N4O4S. The largest absolute Gasteiger partial charge is 0.480 e. The van der Waals surface area contributed by atoms with Crippen LogP contribution in [0.3, 0.4) is 0 Å². The number of aliphatic imine (C=N–C) groups is 1. The van der Waals surface area contributed by atoms with E-state index in [0.29, 0.717) is 22.2 Å². The summed E-state index contributed by atoms with van der Waals surface area (Å²) in [6.07, 6.45) is 0. The molecular weight excluding hydrogens is 428 g/mol. The second-order valence-electron chi connectivity index (χ2n) is 6.91. The van der Waals surface area contributed by atoms with E-state index in [1.165, 1.54) is 4.90 Å². The van der Waals surface area contributed by atoms with Crippen LogP contribution in [-0.4, -0.2) is 64.2 Å². The lowest BCUT2D eigenvalue weighted by Gasteiger charge is -2.24. The van der Waals surface area contributed by atoms with E-state index in [0.717, 1.165) is 18.7 Å². The molecule has 0 spiro atoms. The summed E-state index contributed by atoms with van der Waals surface area (Å²) in [4.78, 5) is 30.6. The van der Waals surface area contributed by atoms with Crippen LogP contribution in [0.25, 0.3) is 0 Å². The van der Waals surface area contributed by atoms with Crippen molar-refractivity contribution in [2.45, 2.75) is 20.4 Å². The Morgan fingerprint density at radius 2 is 1.50 bits per heavy atom. The summed E-state index contributed by atoms with van der Waals surface area (Å²) in [5, 5.41) is 22.2. The average molecular weight is 457 g/mol. The van der Waals surface area contributed by atoms with E-state index in [1.54, 1.807) is 18.2 Å². The van der Waals surface area contributed by atoms with E-state index < -0.39 is 25.0 Å². The number of benzene rings is 2. The number of rotatable bonds is 10. The summed E-state index contributed by atoms with van der Waals surface area (Å²) in [6.45, 7) is 4.91. The lowest BCUT2D eigenvalue weighted by Crippen LogP contribution is -2.42. The molecule has 0 aliphatic rings. The van der Waals surface area contributed by atoms with Crippen molar-refractivity contribution in [3.05, 3.63) is 65.7 Å². The molecule has 2 aromatic rings. The Hall–Kier alpha value is -3.46. The van der Waals surface area contributed by atoms with Gasteiger partial charge in [-0.2, -0.15) is 0 Å². The number of carbonyl (C=O) groups is 2. The molecule has 0 atom stereocenters. The maximum absolute atomic E-state index is 11.3. The third-order valence-electron chi connectivity index (χ3n) is 4.72. The average Bonchev–Trinajstić information content (AvgIpc) is 2.77. The van der Waals surface area contributed by atoms with Crippen LogP contribution in [0, 0.1) is 0 Å². The number of anilines is 1. The fourth-order valence-corrected chi connectivity index (χ4v) is 3.52. The van der Waals surface area contributed by atoms with Crippen molar-refractivity contribution >= 4 is 40.8 Å². The number of nitrogens with one attached hydrogen (secondary N) is 1. The highest BCUT2D eigenvalue weighted by atomic mass is 32.1. The van der Waals surface area contributed by atoms with Gasteiger partial charge in [-0.25, -0.2) is 0 Å². The van der Waals surface area contributed by atoms with Gasteiger partial charge in [-0.15, -0.1) is 0 Å². The van der Waals surface area contributed by atoms with Crippen molar-refractivity contribution in [2.75, 3.05) is 31.1 Å². The first-order valence-corrected chi connectivity index (χ1v) is 10.7. The highest BCUT2D eigenvalue weighted by molar-refractivity contribution is 7.80. The van der Waals surface area contributed by atoms with Gasteiger partial charge in [0.2, 0.25) is 0 Å². The Kier molecular flexibility index (Phi) is 9.62. The smallest absolute Gasteiger partial charge is 0.323 e. The van der Waals surface area contributed by atoms with Gasteiger partial charge in [0, 0.05) is 24.3 Å². The van der Waals surface area contributed by atoms with Crippen LogP contribution >= 0.6 is 12.2 Å². The van der Waals surface area contributed by atoms with Gasteiger partial charge < -0.3 is 25.3 Å². The Morgan fingerprint density at radius 1 is 0.938 bits per heavy atom. The molecule has 0 amide bonds. The van der Waals surface area contributed by atoms with Crippen LogP contribution in [0.5, 0.6) is 0 Å². The quantitative estimate of drug-likeness (QED) is 0.285. The third kappa shape index (κ3) is 7.35. The Balaban J connectivity index is 2.38. The molecule has 2 aromatic carbocycles. The zero-order chi connectivity index (χ0) is 23.5. The second-order valence-corrected chi connectivity index (χ2v) is 7.29. The summed E-state index contributed by atoms with van der Waals surface area (Å²) in [6, 6.07) is 16.6. The maximum atomic E-state index is 11.3. The normalized spacial score (nSPS) is 11.0. The molecule has 9 heteroatoms. The van der Waals surface area contributed by atoms with Crippen LogP contribution in [0.15, 0.2) is 59.6 Å². The van der Waals surface area contributed by atoms with Crippen molar-refractivity contribution in [2.24, 2.45) is 4.99 Å². The fraction of sp³-hybridized carbons (Fsp3) is 0.304. The molecule has 0 saturated carbocycles. The Labute approximate surface area is 193 Å². The first kappa shape index (κ1) is 24.8. The second kappa shape index (κ2) is 12.4. The monoisotopic (exact) mass is 456 g/mol. The predicted octanol–water partition coefficient (Wildman–Crippen LogP) is 2.83. The number of hydrogen-bond acceptors (Lipinski definition) is 5. The molecule has 0 aliphatic carbocycles. The molecule has 0 saturated heterocycles. The zero-order valence-corrected chi connectivity index (χ0v) is 19.0. The Morgan fingerprint density at radius 3 is 2.06 bits per heavy atom. The van der Waals surface area contributed by atoms with Crippen LogP contribution in [0.4, 0.5) is 5.69 Å². The number of thiocarbonyl (C=S) groups is 1. The number of aliphatic carboxylic acids is 2. The van der Waals surface area contributed by atoms with Crippen LogP contribution < -0.4 is 10.2 Å². The van der Waals surface area contributed by atoms with E-state index in [1.807, 2.05) is 55.1 Å². The first-order valence-electron chi connectivity index (χ1n) is 10.3. The summed E-state index contributed by atoms with van der Waals surface area (Å²) in [5.41, 5.74) is 2.08. The SMILES string of the molecule is CCN(CC)C(=S)NC(=NCc1ccccc1N(CC(=O)O)CC(=O)O)c1ccccc1. The first-order chi connectivity index (χ1) is 15.3. The maximum Gasteiger partial charge on any atom is 0.323 e. The highest BCUT2D eigenvalue weighted by Gasteiger charge is 2.17. The van der Waals surface area contributed by atoms with Gasteiger partial charge >= 0.3 is 11.9 Å². The van der Waals surface area contributed by atoms with Crippen molar-refractivity contribution in [1.29, 1.82) is 0 Å². The fourth-order valence-electron chi connectivity index (χ4n) is 3.16. The van der Waals surface area contributed by atoms with E-state index in [-0.39, 0.29) is 6.54 Å². The van der Waals surface area contributed by atoms with Crippen molar-refractivity contribution in [3.8, 4) is 0 Å². The number of carboxylic acid groups (broad SMARTS) is 2. The van der Waals surface area contributed by atoms with Crippen molar-refractivity contribution in [1.82, 2.24) is 10.2 Å². The molecule has 170 valence electrons. The van der Waals surface area contributed by atoms with E-state index in [9.17, 15) is 19.8 Å². The third-order valence-corrected chi connectivity index (χ3v) is 5.08. The molecule has 8 nitrogen and oxygen atoms in total. The standard InChI is InChI=1S/C23H28N4O4S/c1-3-26(4-2)23(32)25-22(17-10-6-5-7-11-17)24-14-18-12-8-9-13-19(18)27(15-20(28)29)16-21(30)31/h5-13H,3-4,14-16H2,1-2H3,(H,28,29)(H,30,31)(H,24,25,32). The minimum absolute atomic E-state index is 0.212. The molecule has 0 unspecified atom stereocenters. The van der Waals surface area contributed by atoms with Gasteiger partial charge in [-0.05, 0) is 37.7 Å². The molecule has 0 fully saturated rings. The lowest BCUT2D eigenvalue weighted by molar-refractivity contribution is -0.136. The topological polar surface area (TPSA) is 105 Å². The number of carboxylic acids is 2. The summed E-state index contributed by atoms with van der Waals surface area (Å²) < 4.78 is 0. The van der Waals surface area contributed by atoms with Gasteiger partial charge in [0.25, 0.3) is 0 Å². The summed E-state index contributed by atoms with van der Waals surface area (Å²) >= 11 is 5.54. The highest BCUT2D eigenvalue weighted by Crippen LogP contribution is 2.21. The minimum Gasteiger partial charge on any atom is -0.480 e. The van der Waals surface area contributed by atoms with Crippen LogP contribution in [0.2, 0.25) is 0 Å². The van der Waals surface area contributed by atoms with Gasteiger partial charge in [0.05, 0.1) is 6.54 Å². The van der Waals surface area contributed by atoms with Crippen LogP contribution in [0.1, 0.15) is 25.0 Å². The number of hydrogen-bond donors (Lipinski definition) is 3. The van der Waals surface area contributed by atoms with Gasteiger partial charge in [0.15, 0.2) is 5.11 Å². The molecule has 32 heavy (non-hydrogen) atoms. The van der Waals surface area contributed by atoms with Crippen molar-refractivity contribution in [3.63, 3.8) is 0 Å².